The quantitative estimate of drug-likeness (QED) is 0.770. The van der Waals surface area contributed by atoms with Crippen molar-refractivity contribution >= 4 is 11.8 Å². The first-order chi connectivity index (χ1) is 7.42. The van der Waals surface area contributed by atoms with E-state index < -0.39 is 24.3 Å². The van der Waals surface area contributed by atoms with Gasteiger partial charge in [-0.25, -0.2) is 8.78 Å². The van der Waals surface area contributed by atoms with Crippen LogP contribution in [0.3, 0.4) is 0 Å². The van der Waals surface area contributed by atoms with Crippen molar-refractivity contribution in [2.24, 2.45) is 11.7 Å². The van der Waals surface area contributed by atoms with Crippen LogP contribution in [0.4, 0.5) is 8.78 Å². The third-order valence-electron chi connectivity index (χ3n) is 3.15. The van der Waals surface area contributed by atoms with Crippen LogP contribution in [0.5, 0.6) is 0 Å². The maximum atomic E-state index is 13.3. The maximum absolute atomic E-state index is 13.3. The van der Waals surface area contributed by atoms with Crippen LogP contribution >= 0.6 is 0 Å². The van der Waals surface area contributed by atoms with Crippen LogP contribution in [0.1, 0.15) is 25.7 Å². The number of rotatable bonds is 3. The summed E-state index contributed by atoms with van der Waals surface area (Å²) < 4.78 is 26.7. The van der Waals surface area contributed by atoms with Gasteiger partial charge in [-0.3, -0.25) is 9.59 Å². The number of amides is 2. The van der Waals surface area contributed by atoms with Gasteiger partial charge in [0.05, 0.1) is 0 Å². The minimum atomic E-state index is -3.18. The molecule has 16 heavy (non-hydrogen) atoms. The molecule has 2 amide bonds. The number of nitrogens with zero attached hydrogens (tertiary/aromatic N) is 1. The third-order valence-corrected chi connectivity index (χ3v) is 3.15. The molecule has 1 heterocycles. The lowest BCUT2D eigenvalue weighted by molar-refractivity contribution is -0.145. The Kier molecular flexibility index (Phi) is 2.59. The molecular weight excluding hydrogens is 218 g/mol. The SMILES string of the molecule is NC(=O)[C@H]1N(C(=O)CC2CC2)CCC1(F)F. The first kappa shape index (κ1) is 11.3. The van der Waals surface area contributed by atoms with Gasteiger partial charge in [0.2, 0.25) is 11.8 Å². The molecule has 2 rings (SSSR count). The van der Waals surface area contributed by atoms with Crippen LogP contribution in [-0.2, 0) is 9.59 Å². The smallest absolute Gasteiger partial charge is 0.278 e. The Morgan fingerprint density at radius 1 is 1.38 bits per heavy atom. The molecular formula is C10H14F2N2O2. The predicted molar refractivity (Wildman–Crippen MR) is 51.6 cm³/mol. The molecule has 1 aliphatic carbocycles. The van der Waals surface area contributed by atoms with E-state index in [2.05, 4.69) is 0 Å². The van der Waals surface area contributed by atoms with E-state index in [0.717, 1.165) is 17.7 Å². The van der Waals surface area contributed by atoms with Crippen LogP contribution in [0.25, 0.3) is 0 Å². The van der Waals surface area contributed by atoms with Gasteiger partial charge in [0.15, 0.2) is 6.04 Å². The second kappa shape index (κ2) is 3.68. The topological polar surface area (TPSA) is 63.4 Å². The molecule has 0 spiro atoms. The van der Waals surface area contributed by atoms with Crippen LogP contribution < -0.4 is 5.73 Å². The molecule has 2 aliphatic rings. The van der Waals surface area contributed by atoms with Crippen molar-refractivity contribution < 1.29 is 18.4 Å². The predicted octanol–water partition coefficient (Wildman–Crippen LogP) is 0.508. The molecule has 2 fully saturated rings. The molecule has 6 heteroatoms. The summed E-state index contributed by atoms with van der Waals surface area (Å²) in [5.41, 5.74) is 4.94. The second-order valence-electron chi connectivity index (χ2n) is 4.55. The Morgan fingerprint density at radius 2 is 2.00 bits per heavy atom. The van der Waals surface area contributed by atoms with Gasteiger partial charge in [0.1, 0.15) is 0 Å². The van der Waals surface area contributed by atoms with Gasteiger partial charge in [-0.15, -0.1) is 0 Å². The van der Waals surface area contributed by atoms with Crippen molar-refractivity contribution in [2.75, 3.05) is 6.54 Å². The van der Waals surface area contributed by atoms with Crippen molar-refractivity contribution in [1.82, 2.24) is 4.90 Å². The van der Waals surface area contributed by atoms with E-state index in [9.17, 15) is 18.4 Å². The van der Waals surface area contributed by atoms with Crippen LogP contribution in [-0.4, -0.2) is 35.2 Å². The molecule has 2 N–H and O–H groups in total. The van der Waals surface area contributed by atoms with Crippen LogP contribution in [0.2, 0.25) is 0 Å². The fourth-order valence-electron chi connectivity index (χ4n) is 2.08. The van der Waals surface area contributed by atoms with E-state index in [1.807, 2.05) is 0 Å². The maximum Gasteiger partial charge on any atom is 0.278 e. The average molecular weight is 232 g/mol. The van der Waals surface area contributed by atoms with E-state index in [-0.39, 0.29) is 18.9 Å². The molecule has 1 saturated carbocycles. The van der Waals surface area contributed by atoms with Gasteiger partial charge >= 0.3 is 0 Å². The summed E-state index contributed by atoms with van der Waals surface area (Å²) in [5.74, 6) is -4.35. The summed E-state index contributed by atoms with van der Waals surface area (Å²) in [5, 5.41) is 0. The number of likely N-dealkylation sites (tertiary alicyclic amines) is 1. The van der Waals surface area contributed by atoms with Crippen molar-refractivity contribution in [3.05, 3.63) is 0 Å². The summed E-state index contributed by atoms with van der Waals surface area (Å²) in [6, 6.07) is -1.75. The zero-order valence-corrected chi connectivity index (χ0v) is 8.79. The molecule has 4 nitrogen and oxygen atoms in total. The summed E-state index contributed by atoms with van der Waals surface area (Å²) >= 11 is 0. The minimum Gasteiger partial charge on any atom is -0.368 e. The molecule has 0 aromatic rings. The fourth-order valence-corrected chi connectivity index (χ4v) is 2.08. The second-order valence-corrected chi connectivity index (χ2v) is 4.55. The number of hydrogen-bond donors (Lipinski definition) is 1. The molecule has 1 atom stereocenters. The van der Waals surface area contributed by atoms with E-state index >= 15 is 0 Å². The first-order valence-electron chi connectivity index (χ1n) is 5.38. The van der Waals surface area contributed by atoms with E-state index in [1.165, 1.54) is 0 Å². The van der Waals surface area contributed by atoms with E-state index in [4.69, 9.17) is 5.73 Å². The van der Waals surface area contributed by atoms with E-state index in [0.29, 0.717) is 5.92 Å². The van der Waals surface area contributed by atoms with Crippen LogP contribution in [0, 0.1) is 5.92 Å². The zero-order chi connectivity index (χ0) is 11.9. The molecule has 0 aromatic carbocycles. The van der Waals surface area contributed by atoms with Crippen molar-refractivity contribution in [3.8, 4) is 0 Å². The van der Waals surface area contributed by atoms with Crippen molar-refractivity contribution in [2.45, 2.75) is 37.6 Å². The molecule has 0 radical (unpaired) electrons. The number of carbonyl (C=O) groups excluding carboxylic acids is 2. The first-order valence-corrected chi connectivity index (χ1v) is 5.38. The molecule has 1 saturated heterocycles. The molecule has 0 aromatic heterocycles. The lowest BCUT2D eigenvalue weighted by atomic mass is 10.1. The lowest BCUT2D eigenvalue weighted by Gasteiger charge is -2.24. The Hall–Kier alpha value is -1.20. The third kappa shape index (κ3) is 2.01. The number of hydrogen-bond acceptors (Lipinski definition) is 2. The van der Waals surface area contributed by atoms with Crippen molar-refractivity contribution in [3.63, 3.8) is 0 Å². The van der Waals surface area contributed by atoms with E-state index in [1.54, 1.807) is 0 Å². The highest BCUT2D eigenvalue weighted by molar-refractivity contribution is 5.88. The largest absolute Gasteiger partial charge is 0.368 e. The minimum absolute atomic E-state index is 0.0772. The summed E-state index contributed by atoms with van der Waals surface area (Å²) in [7, 11) is 0. The molecule has 1 aliphatic heterocycles. The van der Waals surface area contributed by atoms with Crippen molar-refractivity contribution in [1.29, 1.82) is 0 Å². The number of carbonyl (C=O) groups is 2. The number of halogens is 2. The summed E-state index contributed by atoms with van der Waals surface area (Å²) in [6.07, 6.45) is 1.73. The number of alkyl halides is 2. The normalized spacial score (nSPS) is 28.1. The highest BCUT2D eigenvalue weighted by atomic mass is 19.3. The van der Waals surface area contributed by atoms with Crippen LogP contribution in [0.15, 0.2) is 0 Å². The Bertz CT molecular complexity index is 329. The fraction of sp³-hybridized carbons (Fsp3) is 0.800. The monoisotopic (exact) mass is 232 g/mol. The van der Waals surface area contributed by atoms with Gasteiger partial charge in [-0.2, -0.15) is 0 Å². The molecule has 90 valence electrons. The Balaban J connectivity index is 2.08. The standard InChI is InChI=1S/C10H14F2N2O2/c11-10(12)3-4-14(8(10)9(13)16)7(15)5-6-1-2-6/h6,8H,1-5H2,(H2,13,16)/t8-/m1/s1. The molecule has 0 bridgehead atoms. The number of nitrogens with two attached hydrogens (primary N) is 1. The van der Waals surface area contributed by atoms with Gasteiger partial charge in [-0.1, -0.05) is 0 Å². The van der Waals surface area contributed by atoms with Gasteiger partial charge in [-0.05, 0) is 18.8 Å². The molecule has 0 unspecified atom stereocenters. The zero-order valence-electron chi connectivity index (χ0n) is 8.79. The highest BCUT2D eigenvalue weighted by Gasteiger charge is 2.54. The van der Waals surface area contributed by atoms with Gasteiger partial charge in [0.25, 0.3) is 5.92 Å². The van der Waals surface area contributed by atoms with Gasteiger partial charge in [0, 0.05) is 19.4 Å². The van der Waals surface area contributed by atoms with Gasteiger partial charge < -0.3 is 10.6 Å². The summed E-state index contributed by atoms with van der Waals surface area (Å²) in [4.78, 5) is 23.6. The average Bonchev–Trinajstić information content (AvgIpc) is 2.88. The highest BCUT2D eigenvalue weighted by Crippen LogP contribution is 2.37. The Morgan fingerprint density at radius 3 is 2.50 bits per heavy atom. The number of primary amides is 1. The lowest BCUT2D eigenvalue weighted by Crippen LogP contribution is -2.50. The summed E-state index contributed by atoms with van der Waals surface area (Å²) in [6.45, 7) is -0.0772. The Labute approximate surface area is 91.8 Å².